The van der Waals surface area contributed by atoms with Crippen molar-refractivity contribution < 1.29 is 14.3 Å². The summed E-state index contributed by atoms with van der Waals surface area (Å²) in [7, 11) is 0. The molecular weight excluding hydrogens is 340 g/mol. The van der Waals surface area contributed by atoms with Gasteiger partial charge in [-0.05, 0) is 51.9 Å². The molecular formula is C22H36N2O3. The third-order valence-corrected chi connectivity index (χ3v) is 5.68. The molecule has 27 heavy (non-hydrogen) atoms. The number of hydrogen-bond acceptors (Lipinski definition) is 3. The minimum Gasteiger partial charge on any atom is -0.444 e. The van der Waals surface area contributed by atoms with Crippen LogP contribution in [0.15, 0.2) is 25.3 Å². The van der Waals surface area contributed by atoms with E-state index in [1.807, 2.05) is 31.7 Å². The van der Waals surface area contributed by atoms with Gasteiger partial charge in [-0.25, -0.2) is 4.79 Å². The minimum absolute atomic E-state index is 0.0142. The van der Waals surface area contributed by atoms with Gasteiger partial charge in [0.1, 0.15) is 11.1 Å². The third-order valence-electron chi connectivity index (χ3n) is 5.68. The molecule has 0 aromatic heterocycles. The molecule has 0 bridgehead atoms. The summed E-state index contributed by atoms with van der Waals surface area (Å²) in [5.41, 5.74) is -1.70. The van der Waals surface area contributed by atoms with Crippen LogP contribution in [0.5, 0.6) is 0 Å². The first-order chi connectivity index (χ1) is 12.4. The first kappa shape index (κ1) is 21.5. The summed E-state index contributed by atoms with van der Waals surface area (Å²) in [5, 5.41) is 0. The van der Waals surface area contributed by atoms with Crippen molar-refractivity contribution >= 4 is 12.0 Å². The average molecular weight is 377 g/mol. The van der Waals surface area contributed by atoms with Gasteiger partial charge in [0.25, 0.3) is 5.91 Å². The van der Waals surface area contributed by atoms with Crippen molar-refractivity contribution in [2.24, 2.45) is 5.41 Å². The zero-order chi connectivity index (χ0) is 20.6. The molecule has 0 saturated carbocycles. The van der Waals surface area contributed by atoms with Gasteiger partial charge in [0, 0.05) is 12.6 Å². The lowest BCUT2D eigenvalue weighted by atomic mass is 9.84. The molecule has 5 heteroatoms. The van der Waals surface area contributed by atoms with E-state index >= 15 is 0 Å². The zero-order valence-electron chi connectivity index (χ0n) is 17.9. The van der Waals surface area contributed by atoms with Crippen molar-refractivity contribution in [3.05, 3.63) is 25.3 Å². The Hall–Kier alpha value is -1.78. The summed E-state index contributed by atoms with van der Waals surface area (Å²) >= 11 is 0. The molecule has 2 heterocycles. The summed E-state index contributed by atoms with van der Waals surface area (Å²) in [4.78, 5) is 30.2. The Labute approximate surface area is 164 Å². The first-order valence-electron chi connectivity index (χ1n) is 9.97. The van der Waals surface area contributed by atoms with Crippen LogP contribution in [0.1, 0.15) is 67.2 Å². The molecule has 0 radical (unpaired) electrons. The van der Waals surface area contributed by atoms with Crippen LogP contribution in [0.25, 0.3) is 0 Å². The largest absolute Gasteiger partial charge is 0.444 e. The van der Waals surface area contributed by atoms with Crippen LogP contribution >= 0.6 is 0 Å². The maximum Gasteiger partial charge on any atom is 0.411 e. The van der Waals surface area contributed by atoms with Crippen LogP contribution in [0.3, 0.4) is 0 Å². The standard InChI is InChI=1S/C22H36N2O3/c1-9-16-12-13-17(20(3,4)5)24(16)18(25)22(10-2)14-11-15-23(22)19(26)27-21(6,7)8/h9-10,16-17H,1-2,11-15H2,3-8H3/t16-,17+,22+/m1/s1. The maximum atomic E-state index is 13.9. The van der Waals surface area contributed by atoms with Crippen molar-refractivity contribution in [2.45, 2.75) is 90.4 Å². The second-order valence-corrected chi connectivity index (χ2v) is 9.84. The molecule has 2 aliphatic heterocycles. The Balaban J connectivity index is 2.41. The van der Waals surface area contributed by atoms with Gasteiger partial charge in [-0.1, -0.05) is 32.9 Å². The van der Waals surface area contributed by atoms with Gasteiger partial charge in [0.15, 0.2) is 0 Å². The molecule has 2 fully saturated rings. The zero-order valence-corrected chi connectivity index (χ0v) is 17.9. The number of carbonyl (C=O) groups excluding carboxylic acids is 2. The molecule has 0 aliphatic carbocycles. The molecule has 3 atom stereocenters. The molecule has 2 rings (SSSR count). The van der Waals surface area contributed by atoms with Crippen LogP contribution < -0.4 is 0 Å². The van der Waals surface area contributed by atoms with Crippen LogP contribution in [-0.4, -0.2) is 51.6 Å². The first-order valence-corrected chi connectivity index (χ1v) is 9.97. The molecule has 0 N–H and O–H groups in total. The fourth-order valence-corrected chi connectivity index (χ4v) is 4.37. The van der Waals surface area contributed by atoms with Gasteiger partial charge in [-0.15, -0.1) is 13.2 Å². The fourth-order valence-electron chi connectivity index (χ4n) is 4.37. The molecule has 2 saturated heterocycles. The van der Waals surface area contributed by atoms with Crippen molar-refractivity contribution in [3.8, 4) is 0 Å². The van der Waals surface area contributed by atoms with Crippen LogP contribution in [-0.2, 0) is 9.53 Å². The molecule has 0 aromatic rings. The fraction of sp³-hybridized carbons (Fsp3) is 0.727. The summed E-state index contributed by atoms with van der Waals surface area (Å²) in [5.74, 6) is -0.0526. The molecule has 0 unspecified atom stereocenters. The summed E-state index contributed by atoms with van der Waals surface area (Å²) in [6, 6.07) is 0.0885. The lowest BCUT2D eigenvalue weighted by Crippen LogP contribution is -2.61. The van der Waals surface area contributed by atoms with E-state index in [1.54, 1.807) is 11.0 Å². The minimum atomic E-state index is -1.04. The van der Waals surface area contributed by atoms with Crippen molar-refractivity contribution in [2.75, 3.05) is 6.54 Å². The van der Waals surface area contributed by atoms with Crippen molar-refractivity contribution in [1.29, 1.82) is 0 Å². The third kappa shape index (κ3) is 4.07. The average Bonchev–Trinajstić information content (AvgIpc) is 3.16. The number of nitrogens with zero attached hydrogens (tertiary/aromatic N) is 2. The van der Waals surface area contributed by atoms with E-state index in [0.29, 0.717) is 13.0 Å². The van der Waals surface area contributed by atoms with Crippen molar-refractivity contribution in [3.63, 3.8) is 0 Å². The van der Waals surface area contributed by atoms with Gasteiger partial charge in [0.05, 0.1) is 6.04 Å². The predicted octanol–water partition coefficient (Wildman–Crippen LogP) is 4.53. The molecule has 2 amide bonds. The number of amides is 2. The van der Waals surface area contributed by atoms with Gasteiger partial charge >= 0.3 is 6.09 Å². The van der Waals surface area contributed by atoms with Crippen LogP contribution in [0.2, 0.25) is 0 Å². The molecule has 0 aromatic carbocycles. The Kier molecular flexibility index (Phi) is 5.84. The van der Waals surface area contributed by atoms with Gasteiger partial charge in [-0.3, -0.25) is 9.69 Å². The second kappa shape index (κ2) is 7.33. The summed E-state index contributed by atoms with van der Waals surface area (Å²) in [6.45, 7) is 20.4. The molecule has 2 aliphatic rings. The monoisotopic (exact) mass is 376 g/mol. The highest BCUT2D eigenvalue weighted by molar-refractivity contribution is 5.93. The smallest absolute Gasteiger partial charge is 0.411 e. The molecule has 5 nitrogen and oxygen atoms in total. The summed E-state index contributed by atoms with van der Waals surface area (Å²) in [6.07, 6.45) is 6.21. The number of ether oxygens (including phenoxy) is 1. The number of rotatable bonds is 3. The van der Waals surface area contributed by atoms with E-state index in [0.717, 1.165) is 19.3 Å². The Morgan fingerprint density at radius 2 is 1.74 bits per heavy atom. The number of hydrogen-bond donors (Lipinski definition) is 0. The van der Waals surface area contributed by atoms with Gasteiger partial charge in [0.2, 0.25) is 0 Å². The Morgan fingerprint density at radius 1 is 1.11 bits per heavy atom. The van der Waals surface area contributed by atoms with E-state index in [2.05, 4.69) is 33.9 Å². The van der Waals surface area contributed by atoms with E-state index in [-0.39, 0.29) is 23.4 Å². The van der Waals surface area contributed by atoms with Crippen molar-refractivity contribution in [1.82, 2.24) is 9.80 Å². The highest BCUT2D eigenvalue weighted by Crippen LogP contribution is 2.41. The van der Waals surface area contributed by atoms with Crippen LogP contribution in [0.4, 0.5) is 4.79 Å². The highest BCUT2D eigenvalue weighted by atomic mass is 16.6. The highest BCUT2D eigenvalue weighted by Gasteiger charge is 2.54. The quantitative estimate of drug-likeness (QED) is 0.680. The lowest BCUT2D eigenvalue weighted by molar-refractivity contribution is -0.144. The lowest BCUT2D eigenvalue weighted by Gasteiger charge is -2.44. The van der Waals surface area contributed by atoms with Gasteiger partial charge in [-0.2, -0.15) is 0 Å². The van der Waals surface area contributed by atoms with E-state index in [4.69, 9.17) is 4.74 Å². The van der Waals surface area contributed by atoms with E-state index < -0.39 is 17.2 Å². The SMILES string of the molecule is C=C[C@@H]1CC[C@@H](C(C)(C)C)N1C(=O)[C@]1(C=C)CCCN1C(=O)OC(C)(C)C. The molecule has 152 valence electrons. The topological polar surface area (TPSA) is 49.9 Å². The van der Waals surface area contributed by atoms with E-state index in [1.165, 1.54) is 0 Å². The van der Waals surface area contributed by atoms with Gasteiger partial charge < -0.3 is 9.64 Å². The second-order valence-electron chi connectivity index (χ2n) is 9.84. The van der Waals surface area contributed by atoms with E-state index in [9.17, 15) is 9.59 Å². The number of carbonyl (C=O) groups is 2. The van der Waals surface area contributed by atoms with Crippen LogP contribution in [0, 0.1) is 5.41 Å². The number of likely N-dealkylation sites (tertiary alicyclic amines) is 2. The predicted molar refractivity (Wildman–Crippen MR) is 108 cm³/mol. The summed E-state index contributed by atoms with van der Waals surface area (Å²) < 4.78 is 5.59. The Morgan fingerprint density at radius 3 is 2.22 bits per heavy atom. The normalized spacial score (nSPS) is 29.0. The maximum absolute atomic E-state index is 13.9. The Bertz CT molecular complexity index is 614. The molecule has 0 spiro atoms.